The molecule has 0 fully saturated rings. The minimum Gasteiger partial charge on any atom is -0.497 e. The normalized spacial score (nSPS) is 15.4. The molecule has 0 N–H and O–H groups in total. The fourth-order valence-electron chi connectivity index (χ4n) is 2.64. The highest BCUT2D eigenvalue weighted by atomic mass is 16.5. The Bertz CT molecular complexity index is 790. The smallest absolute Gasteiger partial charge is 0.345 e. The van der Waals surface area contributed by atoms with Gasteiger partial charge in [0.1, 0.15) is 17.3 Å². The van der Waals surface area contributed by atoms with E-state index >= 15 is 0 Å². The Morgan fingerprint density at radius 2 is 1.91 bits per heavy atom. The van der Waals surface area contributed by atoms with E-state index < -0.39 is 0 Å². The Balaban J connectivity index is 1.92. The van der Waals surface area contributed by atoms with E-state index in [-0.39, 0.29) is 5.63 Å². The van der Waals surface area contributed by atoms with Gasteiger partial charge in [-0.15, -0.1) is 0 Å². The number of anilines is 1. The summed E-state index contributed by atoms with van der Waals surface area (Å²) in [5.74, 6) is 2.07. The molecule has 120 valence electrons. The molecule has 2 aromatic rings. The van der Waals surface area contributed by atoms with Crippen LogP contribution < -0.4 is 20.0 Å². The van der Waals surface area contributed by atoms with Gasteiger partial charge in [-0.2, -0.15) is 0 Å². The Morgan fingerprint density at radius 1 is 1.22 bits per heavy atom. The number of hydrogen-bond donors (Lipinski definition) is 0. The molecular weight excluding hydrogens is 294 g/mol. The molecule has 0 saturated heterocycles. The molecule has 0 amide bonds. The summed E-state index contributed by atoms with van der Waals surface area (Å²) in [5.41, 5.74) is 1.99. The summed E-state index contributed by atoms with van der Waals surface area (Å²) in [6.07, 6.45) is 2.37. The average molecular weight is 313 g/mol. The fourth-order valence-corrected chi connectivity index (χ4v) is 2.64. The lowest BCUT2D eigenvalue weighted by Crippen LogP contribution is -2.28. The van der Waals surface area contributed by atoms with E-state index in [2.05, 4.69) is 4.90 Å². The molecule has 0 atom stereocenters. The zero-order valence-corrected chi connectivity index (χ0v) is 13.5. The fraction of sp³-hybridized carbons (Fsp3) is 0.278. The standard InChI is InChI=1S/C18H19NO4/c1-12-10-16-17(18(20)23-12)13(8-9-19(16)2)11-22-15-6-4-14(21-3)5-7-15/h4-7,10-11H,8-9H2,1-3H3/b13-11+. The minimum atomic E-state index is -0.323. The highest BCUT2D eigenvalue weighted by molar-refractivity contribution is 5.78. The van der Waals surface area contributed by atoms with Crippen molar-refractivity contribution >= 4 is 11.3 Å². The molecule has 1 aromatic heterocycles. The van der Waals surface area contributed by atoms with E-state index in [0.29, 0.717) is 17.1 Å². The first-order valence-corrected chi connectivity index (χ1v) is 7.44. The van der Waals surface area contributed by atoms with E-state index in [1.807, 2.05) is 37.4 Å². The predicted molar refractivity (Wildman–Crippen MR) is 89.2 cm³/mol. The lowest BCUT2D eigenvalue weighted by molar-refractivity contribution is 0.412. The van der Waals surface area contributed by atoms with Gasteiger partial charge in [0.05, 0.1) is 24.6 Å². The number of nitrogens with zero attached hydrogens (tertiary/aromatic N) is 1. The van der Waals surface area contributed by atoms with Crippen molar-refractivity contribution < 1.29 is 13.9 Å². The summed E-state index contributed by atoms with van der Waals surface area (Å²) < 4.78 is 16.1. The van der Waals surface area contributed by atoms with Crippen molar-refractivity contribution in [2.75, 3.05) is 25.6 Å². The molecule has 2 heterocycles. The number of ether oxygens (including phenoxy) is 2. The third kappa shape index (κ3) is 3.08. The SMILES string of the molecule is COc1ccc(O/C=C2\CCN(C)c3cc(C)oc(=O)c32)cc1. The van der Waals surface area contributed by atoms with Crippen LogP contribution in [0.5, 0.6) is 11.5 Å². The van der Waals surface area contributed by atoms with Gasteiger partial charge in [-0.3, -0.25) is 0 Å². The van der Waals surface area contributed by atoms with Crippen LogP contribution in [0.1, 0.15) is 17.7 Å². The van der Waals surface area contributed by atoms with Gasteiger partial charge in [0.15, 0.2) is 0 Å². The number of methoxy groups -OCH3 is 1. The molecule has 0 spiro atoms. The molecule has 23 heavy (non-hydrogen) atoms. The molecule has 3 rings (SSSR count). The van der Waals surface area contributed by atoms with Crippen molar-refractivity contribution in [3.8, 4) is 11.5 Å². The van der Waals surface area contributed by atoms with Crippen LogP contribution in [0.4, 0.5) is 5.69 Å². The Kier molecular flexibility index (Phi) is 4.10. The largest absolute Gasteiger partial charge is 0.497 e. The van der Waals surface area contributed by atoms with Crippen LogP contribution >= 0.6 is 0 Å². The van der Waals surface area contributed by atoms with Gasteiger partial charge in [-0.25, -0.2) is 4.79 Å². The second-order valence-electron chi connectivity index (χ2n) is 5.51. The highest BCUT2D eigenvalue weighted by Crippen LogP contribution is 2.32. The van der Waals surface area contributed by atoms with Gasteiger partial charge >= 0.3 is 5.63 Å². The third-order valence-corrected chi connectivity index (χ3v) is 3.90. The molecule has 1 aromatic carbocycles. The van der Waals surface area contributed by atoms with Crippen molar-refractivity contribution in [2.45, 2.75) is 13.3 Å². The summed E-state index contributed by atoms with van der Waals surface area (Å²) in [7, 11) is 3.59. The monoisotopic (exact) mass is 313 g/mol. The molecule has 0 bridgehead atoms. The maximum atomic E-state index is 12.2. The quantitative estimate of drug-likeness (QED) is 0.814. The Labute approximate surface area is 134 Å². The number of hydrogen-bond acceptors (Lipinski definition) is 5. The van der Waals surface area contributed by atoms with Gasteiger partial charge in [0.2, 0.25) is 0 Å². The van der Waals surface area contributed by atoms with E-state index in [1.165, 1.54) is 0 Å². The molecule has 0 aliphatic carbocycles. The zero-order chi connectivity index (χ0) is 16.4. The molecule has 0 saturated carbocycles. The maximum Gasteiger partial charge on any atom is 0.345 e. The van der Waals surface area contributed by atoms with Crippen LogP contribution in [0, 0.1) is 6.92 Å². The molecule has 0 unspecified atom stereocenters. The lowest BCUT2D eigenvalue weighted by Gasteiger charge is -2.28. The zero-order valence-electron chi connectivity index (χ0n) is 13.5. The minimum absolute atomic E-state index is 0.323. The molecule has 5 nitrogen and oxygen atoms in total. The van der Waals surface area contributed by atoms with Gasteiger partial charge in [0, 0.05) is 25.2 Å². The van der Waals surface area contributed by atoms with Crippen LogP contribution in [0.15, 0.2) is 45.8 Å². The van der Waals surface area contributed by atoms with E-state index in [4.69, 9.17) is 13.9 Å². The van der Waals surface area contributed by atoms with Crippen molar-refractivity contribution in [1.29, 1.82) is 0 Å². The summed E-state index contributed by atoms with van der Waals surface area (Å²) in [6, 6.07) is 9.19. The van der Waals surface area contributed by atoms with E-state index in [1.54, 1.807) is 20.3 Å². The summed E-state index contributed by atoms with van der Waals surface area (Å²) in [5, 5.41) is 0. The lowest BCUT2D eigenvalue weighted by atomic mass is 9.99. The molecule has 1 aliphatic heterocycles. The summed E-state index contributed by atoms with van der Waals surface area (Å²) >= 11 is 0. The molecule has 1 aliphatic rings. The van der Waals surface area contributed by atoms with Crippen molar-refractivity contribution in [1.82, 2.24) is 0 Å². The number of rotatable bonds is 3. The first kappa shape index (κ1) is 15.2. The summed E-state index contributed by atoms with van der Waals surface area (Å²) in [6.45, 7) is 2.61. The van der Waals surface area contributed by atoms with Gasteiger partial charge < -0.3 is 18.8 Å². The van der Waals surface area contributed by atoms with Crippen molar-refractivity contribution in [3.63, 3.8) is 0 Å². The first-order valence-electron chi connectivity index (χ1n) is 7.44. The maximum absolute atomic E-state index is 12.2. The van der Waals surface area contributed by atoms with Crippen LogP contribution in [0.2, 0.25) is 0 Å². The number of aryl methyl sites for hydroxylation is 1. The Morgan fingerprint density at radius 3 is 2.61 bits per heavy atom. The van der Waals surface area contributed by atoms with Crippen LogP contribution in [0.25, 0.3) is 5.57 Å². The molecule has 5 heteroatoms. The van der Waals surface area contributed by atoms with Gasteiger partial charge in [-0.05, 0) is 37.6 Å². The highest BCUT2D eigenvalue weighted by Gasteiger charge is 2.23. The van der Waals surface area contributed by atoms with Crippen molar-refractivity contribution in [2.24, 2.45) is 0 Å². The average Bonchev–Trinajstić information content (AvgIpc) is 2.55. The number of benzene rings is 1. The topological polar surface area (TPSA) is 51.9 Å². The van der Waals surface area contributed by atoms with Crippen LogP contribution in [-0.4, -0.2) is 20.7 Å². The van der Waals surface area contributed by atoms with Crippen LogP contribution in [0.3, 0.4) is 0 Å². The third-order valence-electron chi connectivity index (χ3n) is 3.90. The second kappa shape index (κ2) is 6.20. The Hall–Kier alpha value is -2.69. The molecular formula is C18H19NO4. The number of fused-ring (bicyclic) bond motifs is 1. The van der Waals surface area contributed by atoms with E-state index in [9.17, 15) is 4.79 Å². The molecule has 0 radical (unpaired) electrons. The second-order valence-corrected chi connectivity index (χ2v) is 5.51. The van der Waals surface area contributed by atoms with Crippen molar-refractivity contribution in [3.05, 3.63) is 58.3 Å². The summed E-state index contributed by atoms with van der Waals surface area (Å²) in [4.78, 5) is 14.3. The predicted octanol–water partition coefficient (Wildman–Crippen LogP) is 3.22. The van der Waals surface area contributed by atoms with Gasteiger partial charge in [0.25, 0.3) is 0 Å². The first-order chi connectivity index (χ1) is 11.1. The van der Waals surface area contributed by atoms with E-state index in [0.717, 1.165) is 30.0 Å². The van der Waals surface area contributed by atoms with Crippen LogP contribution in [-0.2, 0) is 0 Å². The van der Waals surface area contributed by atoms with Gasteiger partial charge in [-0.1, -0.05) is 0 Å².